The minimum absolute atomic E-state index is 0.266. The number of primary amides is 1. The third-order valence-corrected chi connectivity index (χ3v) is 5.33. The lowest BCUT2D eigenvalue weighted by Gasteiger charge is -2.30. The lowest BCUT2D eigenvalue weighted by Crippen LogP contribution is -2.57. The molecule has 1 unspecified atom stereocenters. The maximum atomic E-state index is 11.9. The average molecular weight is 308 g/mol. The second-order valence-electron chi connectivity index (χ2n) is 5.45. The molecule has 1 amide bonds. The normalized spacial score (nSPS) is 19.9. The van der Waals surface area contributed by atoms with Crippen molar-refractivity contribution in [3.05, 3.63) is 18.2 Å². The Labute approximate surface area is 128 Å². The zero-order valence-electron chi connectivity index (χ0n) is 12.1. The Morgan fingerprint density at radius 2 is 2.10 bits per heavy atom. The Balaban J connectivity index is 1.72. The van der Waals surface area contributed by atoms with Gasteiger partial charge < -0.3 is 20.5 Å². The number of nitrogens with one attached hydrogen (secondary N) is 1. The first kappa shape index (κ1) is 14.5. The first-order valence-electron chi connectivity index (χ1n) is 7.17. The van der Waals surface area contributed by atoms with Gasteiger partial charge in [-0.3, -0.25) is 4.79 Å². The van der Waals surface area contributed by atoms with E-state index in [0.29, 0.717) is 24.9 Å². The number of likely N-dealkylation sites (N-methyl/N-ethyl adjacent to an activating group) is 1. The zero-order valence-corrected chi connectivity index (χ0v) is 12.9. The van der Waals surface area contributed by atoms with Crippen molar-refractivity contribution in [1.29, 1.82) is 0 Å². The molecule has 1 atom stereocenters. The zero-order chi connectivity index (χ0) is 14.9. The number of thioether (sulfide) groups is 1. The van der Waals surface area contributed by atoms with Crippen molar-refractivity contribution in [3.63, 3.8) is 0 Å². The summed E-state index contributed by atoms with van der Waals surface area (Å²) in [7, 11) is 1.81. The van der Waals surface area contributed by atoms with Crippen LogP contribution in [0.2, 0.25) is 0 Å². The highest BCUT2D eigenvalue weighted by atomic mass is 32.2. The minimum atomic E-state index is -0.613. The maximum absolute atomic E-state index is 11.9. The fraction of sp³-hybridized carbons (Fsp3) is 0.533. The molecule has 5 nitrogen and oxygen atoms in total. The van der Waals surface area contributed by atoms with Gasteiger partial charge in [0.25, 0.3) is 0 Å². The van der Waals surface area contributed by atoms with E-state index < -0.39 is 5.54 Å². The van der Waals surface area contributed by atoms with Gasteiger partial charge in [-0.25, -0.2) is 0 Å². The average Bonchev–Trinajstić information content (AvgIpc) is 3.33. The molecule has 0 radical (unpaired) electrons. The number of fused-ring (bicyclic) bond motifs is 1. The second kappa shape index (κ2) is 5.77. The van der Waals surface area contributed by atoms with Crippen LogP contribution in [0.1, 0.15) is 12.8 Å². The van der Waals surface area contributed by atoms with Crippen LogP contribution in [0.4, 0.5) is 0 Å². The van der Waals surface area contributed by atoms with Crippen molar-refractivity contribution >= 4 is 17.7 Å². The van der Waals surface area contributed by atoms with Gasteiger partial charge in [-0.2, -0.15) is 0 Å². The molecule has 1 fully saturated rings. The van der Waals surface area contributed by atoms with Gasteiger partial charge >= 0.3 is 0 Å². The first-order chi connectivity index (χ1) is 10.2. The number of hydrogen-bond donors (Lipinski definition) is 2. The molecular formula is C15H20N2O3S. The van der Waals surface area contributed by atoms with E-state index in [-0.39, 0.29) is 5.91 Å². The highest BCUT2D eigenvalue weighted by Crippen LogP contribution is 2.43. The summed E-state index contributed by atoms with van der Waals surface area (Å²) in [4.78, 5) is 12.9. The van der Waals surface area contributed by atoms with E-state index in [1.165, 1.54) is 0 Å². The fourth-order valence-corrected chi connectivity index (χ4v) is 3.95. The molecule has 1 aliphatic carbocycles. The van der Waals surface area contributed by atoms with Gasteiger partial charge in [-0.05, 0) is 44.0 Å². The Morgan fingerprint density at radius 3 is 2.71 bits per heavy atom. The molecule has 1 aliphatic heterocycles. The molecule has 2 aliphatic rings. The summed E-state index contributed by atoms with van der Waals surface area (Å²) < 4.78 is 11.1. The van der Waals surface area contributed by atoms with Gasteiger partial charge in [0.05, 0.1) is 0 Å². The SMILES string of the molecule is CNC(CSc1ccc2c(c1)OCCO2)(C(N)=O)C1CC1. The summed E-state index contributed by atoms with van der Waals surface area (Å²) in [6.45, 7) is 1.16. The van der Waals surface area contributed by atoms with Crippen LogP contribution < -0.4 is 20.5 Å². The van der Waals surface area contributed by atoms with Gasteiger partial charge in [0.1, 0.15) is 18.8 Å². The van der Waals surface area contributed by atoms with E-state index in [9.17, 15) is 4.79 Å². The third kappa shape index (κ3) is 2.82. The van der Waals surface area contributed by atoms with Crippen LogP contribution in [-0.2, 0) is 4.79 Å². The summed E-state index contributed by atoms with van der Waals surface area (Å²) in [5.41, 5.74) is 5.03. The molecule has 114 valence electrons. The molecular weight excluding hydrogens is 288 g/mol. The monoisotopic (exact) mass is 308 g/mol. The van der Waals surface area contributed by atoms with Crippen LogP contribution in [0.15, 0.2) is 23.1 Å². The van der Waals surface area contributed by atoms with Crippen molar-refractivity contribution < 1.29 is 14.3 Å². The van der Waals surface area contributed by atoms with Crippen LogP contribution in [0.3, 0.4) is 0 Å². The van der Waals surface area contributed by atoms with Crippen LogP contribution in [0.5, 0.6) is 11.5 Å². The lowest BCUT2D eigenvalue weighted by molar-refractivity contribution is -0.124. The van der Waals surface area contributed by atoms with E-state index in [4.69, 9.17) is 15.2 Å². The molecule has 3 rings (SSSR count). The predicted octanol–water partition coefficient (Wildman–Crippen LogP) is 1.40. The van der Waals surface area contributed by atoms with Crippen molar-refractivity contribution in [1.82, 2.24) is 5.32 Å². The Kier molecular flexibility index (Phi) is 3.99. The highest BCUT2D eigenvalue weighted by Gasteiger charge is 2.48. The highest BCUT2D eigenvalue weighted by molar-refractivity contribution is 7.99. The molecule has 3 N–H and O–H groups in total. The van der Waals surface area contributed by atoms with Crippen molar-refractivity contribution in [2.75, 3.05) is 26.0 Å². The number of ether oxygens (including phenoxy) is 2. The summed E-state index contributed by atoms with van der Waals surface area (Å²) >= 11 is 1.62. The van der Waals surface area contributed by atoms with E-state index in [1.807, 2.05) is 25.2 Å². The van der Waals surface area contributed by atoms with Gasteiger partial charge in [-0.1, -0.05) is 0 Å². The third-order valence-electron chi connectivity index (χ3n) is 4.14. The van der Waals surface area contributed by atoms with E-state index in [1.54, 1.807) is 11.8 Å². The number of rotatable bonds is 6. The summed E-state index contributed by atoms with van der Waals surface area (Å²) in [5, 5.41) is 3.16. The molecule has 0 aromatic heterocycles. The second-order valence-corrected chi connectivity index (χ2v) is 6.50. The topological polar surface area (TPSA) is 73.6 Å². The van der Waals surface area contributed by atoms with Crippen molar-refractivity contribution in [3.8, 4) is 11.5 Å². The molecule has 0 bridgehead atoms. The van der Waals surface area contributed by atoms with E-state index in [0.717, 1.165) is 29.2 Å². The Bertz CT molecular complexity index is 548. The predicted molar refractivity (Wildman–Crippen MR) is 81.9 cm³/mol. The summed E-state index contributed by atoms with van der Waals surface area (Å²) in [6, 6.07) is 5.87. The minimum Gasteiger partial charge on any atom is -0.486 e. The number of carbonyl (C=O) groups excluding carboxylic acids is 1. The molecule has 1 aromatic carbocycles. The molecule has 0 spiro atoms. The van der Waals surface area contributed by atoms with Crippen molar-refractivity contribution in [2.24, 2.45) is 11.7 Å². The fourth-order valence-electron chi connectivity index (χ4n) is 2.68. The number of nitrogens with two attached hydrogens (primary N) is 1. The lowest BCUT2D eigenvalue weighted by atomic mass is 9.95. The number of benzene rings is 1. The maximum Gasteiger partial charge on any atom is 0.238 e. The van der Waals surface area contributed by atoms with Crippen LogP contribution >= 0.6 is 11.8 Å². The number of carbonyl (C=O) groups is 1. The van der Waals surface area contributed by atoms with Gasteiger partial charge in [-0.15, -0.1) is 11.8 Å². The van der Waals surface area contributed by atoms with Gasteiger partial charge in [0.15, 0.2) is 11.5 Å². The molecule has 6 heteroatoms. The molecule has 21 heavy (non-hydrogen) atoms. The van der Waals surface area contributed by atoms with E-state index in [2.05, 4.69) is 5.32 Å². The smallest absolute Gasteiger partial charge is 0.238 e. The van der Waals surface area contributed by atoms with Gasteiger partial charge in [0.2, 0.25) is 5.91 Å². The van der Waals surface area contributed by atoms with Crippen molar-refractivity contribution in [2.45, 2.75) is 23.3 Å². The molecule has 0 saturated heterocycles. The largest absolute Gasteiger partial charge is 0.486 e. The number of amides is 1. The van der Waals surface area contributed by atoms with Crippen LogP contribution in [-0.4, -0.2) is 37.5 Å². The van der Waals surface area contributed by atoms with E-state index >= 15 is 0 Å². The summed E-state index contributed by atoms with van der Waals surface area (Å²) in [6.07, 6.45) is 2.12. The summed E-state index contributed by atoms with van der Waals surface area (Å²) in [5.74, 6) is 2.26. The standard InChI is InChI=1S/C15H20N2O3S/c1-17-15(14(16)18,10-2-3-10)9-21-11-4-5-12-13(8-11)20-7-6-19-12/h4-5,8,10,17H,2-3,6-7,9H2,1H3,(H2,16,18). The Hall–Kier alpha value is -1.40. The molecule has 1 heterocycles. The van der Waals surface area contributed by atoms with Crippen LogP contribution in [0.25, 0.3) is 0 Å². The van der Waals surface area contributed by atoms with Crippen LogP contribution in [0, 0.1) is 5.92 Å². The molecule has 1 saturated carbocycles. The first-order valence-corrected chi connectivity index (χ1v) is 8.15. The Morgan fingerprint density at radius 1 is 1.38 bits per heavy atom. The number of hydrogen-bond acceptors (Lipinski definition) is 5. The van der Waals surface area contributed by atoms with Gasteiger partial charge in [0, 0.05) is 10.6 Å². The quantitative estimate of drug-likeness (QED) is 0.777. The molecule has 1 aromatic rings.